The molecule has 1 atom stereocenters. The molecule has 0 saturated heterocycles. The van der Waals surface area contributed by atoms with Crippen molar-refractivity contribution >= 4 is 21.6 Å². The lowest BCUT2D eigenvalue weighted by molar-refractivity contribution is 0.359. The minimum Gasteiger partial charge on any atom is -0.251 e. The summed E-state index contributed by atoms with van der Waals surface area (Å²) in [5.41, 5.74) is 0. The van der Waals surface area contributed by atoms with Gasteiger partial charge in [-0.3, -0.25) is 4.39 Å². The average Bonchev–Trinajstić information content (AvgIpc) is 2.50. The largest absolute Gasteiger partial charge is 0.251 e. The van der Waals surface area contributed by atoms with Crippen LogP contribution in [-0.2, 0) is 0 Å². The minimum absolute atomic E-state index is 0.156. The van der Waals surface area contributed by atoms with Crippen molar-refractivity contribution in [2.45, 2.75) is 109 Å². The van der Waals surface area contributed by atoms with Gasteiger partial charge < -0.3 is 0 Å². The molecule has 0 spiro atoms. The molecule has 0 amide bonds. The third-order valence-electron chi connectivity index (χ3n) is 4.15. The first-order valence-corrected chi connectivity index (χ1v) is 11.8. The van der Waals surface area contributed by atoms with E-state index in [-0.39, 0.29) is 6.67 Å². The zero-order valence-electron chi connectivity index (χ0n) is 15.4. The van der Waals surface area contributed by atoms with Crippen molar-refractivity contribution < 1.29 is 4.39 Å². The SMILES string of the molecule is CCCCCCC(CCCCCC)[C@@H](CCF)SSC(C)C. The Morgan fingerprint density at radius 2 is 1.27 bits per heavy atom. The van der Waals surface area contributed by atoms with Crippen molar-refractivity contribution in [2.75, 3.05) is 6.67 Å². The van der Waals surface area contributed by atoms with Crippen LogP contribution >= 0.6 is 21.6 Å². The number of hydrogen-bond donors (Lipinski definition) is 0. The predicted molar refractivity (Wildman–Crippen MR) is 106 cm³/mol. The van der Waals surface area contributed by atoms with Crippen molar-refractivity contribution in [1.82, 2.24) is 0 Å². The van der Waals surface area contributed by atoms with E-state index < -0.39 is 0 Å². The van der Waals surface area contributed by atoms with Gasteiger partial charge in [-0.1, -0.05) is 101 Å². The van der Waals surface area contributed by atoms with E-state index in [9.17, 15) is 4.39 Å². The lowest BCUT2D eigenvalue weighted by Crippen LogP contribution is -2.18. The van der Waals surface area contributed by atoms with E-state index in [1.165, 1.54) is 64.2 Å². The molecule has 0 nitrogen and oxygen atoms in total. The van der Waals surface area contributed by atoms with Crippen LogP contribution in [0.5, 0.6) is 0 Å². The van der Waals surface area contributed by atoms with Gasteiger partial charge in [0.2, 0.25) is 0 Å². The Kier molecular flexibility index (Phi) is 17.0. The number of unbranched alkanes of at least 4 members (excludes halogenated alkanes) is 6. The summed E-state index contributed by atoms with van der Waals surface area (Å²) in [7, 11) is 3.91. The topological polar surface area (TPSA) is 0 Å². The number of halogens is 1. The molecule has 134 valence electrons. The summed E-state index contributed by atoms with van der Waals surface area (Å²) in [4.78, 5) is 0. The summed E-state index contributed by atoms with van der Waals surface area (Å²) in [5.74, 6) is 0.723. The van der Waals surface area contributed by atoms with Gasteiger partial charge in [0.15, 0.2) is 0 Å². The average molecular weight is 351 g/mol. The van der Waals surface area contributed by atoms with Crippen LogP contribution < -0.4 is 0 Å². The maximum atomic E-state index is 13.0. The second-order valence-electron chi connectivity index (χ2n) is 6.72. The highest BCUT2D eigenvalue weighted by Crippen LogP contribution is 2.39. The van der Waals surface area contributed by atoms with Crippen LogP contribution in [0.15, 0.2) is 0 Å². The molecular weight excluding hydrogens is 311 g/mol. The van der Waals surface area contributed by atoms with E-state index in [0.29, 0.717) is 10.5 Å². The maximum Gasteiger partial charge on any atom is 0.0905 e. The highest BCUT2D eigenvalue weighted by atomic mass is 33.1. The molecular formula is C19H39FS2. The fourth-order valence-corrected chi connectivity index (χ4v) is 5.67. The molecule has 0 heterocycles. The molecule has 0 rings (SSSR count). The van der Waals surface area contributed by atoms with Crippen LogP contribution in [0.1, 0.15) is 98.3 Å². The Bertz CT molecular complexity index is 209. The number of hydrogen-bond acceptors (Lipinski definition) is 2. The van der Waals surface area contributed by atoms with Gasteiger partial charge in [-0.05, 0) is 25.2 Å². The van der Waals surface area contributed by atoms with E-state index in [4.69, 9.17) is 0 Å². The summed E-state index contributed by atoms with van der Waals surface area (Å²) in [6.07, 6.45) is 14.0. The monoisotopic (exact) mass is 350 g/mol. The smallest absolute Gasteiger partial charge is 0.0905 e. The van der Waals surface area contributed by atoms with Gasteiger partial charge in [0.1, 0.15) is 0 Å². The van der Waals surface area contributed by atoms with Gasteiger partial charge in [0, 0.05) is 10.5 Å². The Morgan fingerprint density at radius 1 is 0.727 bits per heavy atom. The van der Waals surface area contributed by atoms with Gasteiger partial charge in [0.05, 0.1) is 6.67 Å². The van der Waals surface area contributed by atoms with Gasteiger partial charge in [0.25, 0.3) is 0 Å². The first kappa shape index (κ1) is 22.6. The van der Waals surface area contributed by atoms with Gasteiger partial charge in [-0.25, -0.2) is 0 Å². The van der Waals surface area contributed by atoms with E-state index in [1.54, 1.807) is 0 Å². The molecule has 0 bridgehead atoms. The lowest BCUT2D eigenvalue weighted by Gasteiger charge is -2.26. The Labute approximate surface area is 147 Å². The molecule has 22 heavy (non-hydrogen) atoms. The normalized spacial score (nSPS) is 13.2. The van der Waals surface area contributed by atoms with Crippen molar-refractivity contribution in [1.29, 1.82) is 0 Å². The second-order valence-corrected chi connectivity index (χ2v) is 9.80. The molecule has 0 aromatic heterocycles. The fraction of sp³-hybridized carbons (Fsp3) is 1.00. The standard InChI is InChI=1S/C19H39FS2/c1-5-7-9-11-13-18(14-12-10-8-6-2)19(15-16-20)22-21-17(3)4/h17-19H,5-16H2,1-4H3/t19-/m1/s1. The number of alkyl halides is 1. The highest BCUT2D eigenvalue weighted by molar-refractivity contribution is 8.77. The molecule has 0 fully saturated rings. The Hall–Kier alpha value is 0.630. The van der Waals surface area contributed by atoms with Crippen LogP contribution in [0.3, 0.4) is 0 Å². The molecule has 0 aliphatic heterocycles. The zero-order chi connectivity index (χ0) is 16.6. The minimum atomic E-state index is -0.156. The molecule has 3 heteroatoms. The van der Waals surface area contributed by atoms with Gasteiger partial charge in [-0.15, -0.1) is 0 Å². The van der Waals surface area contributed by atoms with Gasteiger partial charge in [-0.2, -0.15) is 0 Å². The van der Waals surface area contributed by atoms with E-state index in [1.807, 2.05) is 21.6 Å². The van der Waals surface area contributed by atoms with Crippen molar-refractivity contribution in [3.05, 3.63) is 0 Å². The van der Waals surface area contributed by atoms with Crippen LogP contribution in [0, 0.1) is 5.92 Å². The molecule has 0 aromatic rings. The third kappa shape index (κ3) is 13.1. The molecule has 0 N–H and O–H groups in total. The highest BCUT2D eigenvalue weighted by Gasteiger charge is 2.22. The lowest BCUT2D eigenvalue weighted by atomic mass is 9.90. The Morgan fingerprint density at radius 3 is 1.68 bits per heavy atom. The van der Waals surface area contributed by atoms with E-state index in [2.05, 4.69) is 27.7 Å². The van der Waals surface area contributed by atoms with E-state index >= 15 is 0 Å². The zero-order valence-corrected chi connectivity index (χ0v) is 17.0. The second kappa shape index (κ2) is 16.5. The van der Waals surface area contributed by atoms with Gasteiger partial charge >= 0.3 is 0 Å². The first-order valence-electron chi connectivity index (χ1n) is 9.53. The van der Waals surface area contributed by atoms with Crippen LogP contribution in [0.4, 0.5) is 4.39 Å². The summed E-state index contributed by atoms with van der Waals surface area (Å²) in [6.45, 7) is 8.85. The fourth-order valence-electron chi connectivity index (χ4n) is 2.84. The van der Waals surface area contributed by atoms with Crippen LogP contribution in [0.2, 0.25) is 0 Å². The van der Waals surface area contributed by atoms with Crippen molar-refractivity contribution in [2.24, 2.45) is 5.92 Å². The molecule has 0 aliphatic rings. The summed E-state index contributed by atoms with van der Waals surface area (Å²) in [6, 6.07) is 0. The van der Waals surface area contributed by atoms with Crippen LogP contribution in [-0.4, -0.2) is 17.2 Å². The molecule has 0 saturated carbocycles. The summed E-state index contributed by atoms with van der Waals surface area (Å²) < 4.78 is 13.0. The summed E-state index contributed by atoms with van der Waals surface area (Å²) in [5, 5.41) is 1.15. The predicted octanol–water partition coefficient (Wildman–Crippen LogP) is 8.06. The van der Waals surface area contributed by atoms with E-state index in [0.717, 1.165) is 12.3 Å². The van der Waals surface area contributed by atoms with Crippen molar-refractivity contribution in [3.63, 3.8) is 0 Å². The summed E-state index contributed by atoms with van der Waals surface area (Å²) >= 11 is 0. The van der Waals surface area contributed by atoms with Crippen molar-refractivity contribution in [3.8, 4) is 0 Å². The Balaban J connectivity index is 4.36. The number of rotatable bonds is 16. The molecule has 0 aromatic carbocycles. The third-order valence-corrected chi connectivity index (χ3v) is 7.74. The maximum absolute atomic E-state index is 13.0. The molecule has 0 unspecified atom stereocenters. The first-order chi connectivity index (χ1) is 10.7. The van der Waals surface area contributed by atoms with Crippen LogP contribution in [0.25, 0.3) is 0 Å². The molecule has 0 aliphatic carbocycles. The molecule has 0 radical (unpaired) electrons. The quantitative estimate of drug-likeness (QED) is 0.204.